The van der Waals surface area contributed by atoms with Gasteiger partial charge in [-0.1, -0.05) is 18.2 Å². The van der Waals surface area contributed by atoms with Gasteiger partial charge >= 0.3 is 0 Å². The highest BCUT2D eigenvalue weighted by molar-refractivity contribution is 6.05. The molecular weight excluding hydrogens is 316 g/mol. The molecule has 1 saturated heterocycles. The number of aryl methyl sites for hydroxylation is 1. The second kappa shape index (κ2) is 7.19. The second-order valence-corrected chi connectivity index (χ2v) is 6.49. The van der Waals surface area contributed by atoms with Gasteiger partial charge in [0, 0.05) is 31.5 Å². The van der Waals surface area contributed by atoms with Gasteiger partial charge in [-0.15, -0.1) is 0 Å². The SMILES string of the molecule is O=C(c1cc(NCC2CCCO2)ncn1)N1CCCc2ccccc21. The molecule has 1 aromatic carbocycles. The van der Waals surface area contributed by atoms with Crippen LogP contribution in [0, 0.1) is 0 Å². The average molecular weight is 338 g/mol. The van der Waals surface area contributed by atoms with Crippen molar-refractivity contribution >= 4 is 17.4 Å². The lowest BCUT2D eigenvalue weighted by molar-refractivity contribution is 0.0980. The van der Waals surface area contributed by atoms with Gasteiger partial charge in [0.25, 0.3) is 5.91 Å². The molecule has 0 spiro atoms. The molecule has 6 nitrogen and oxygen atoms in total. The summed E-state index contributed by atoms with van der Waals surface area (Å²) in [6, 6.07) is 9.81. The standard InChI is InChI=1S/C19H22N4O2/c24-19(23-9-3-6-14-5-1-2-8-17(14)23)16-11-18(22-13-21-16)20-12-15-7-4-10-25-15/h1-2,5,8,11,13,15H,3-4,6-7,9-10,12H2,(H,20,21,22). The minimum Gasteiger partial charge on any atom is -0.376 e. The normalized spacial score (nSPS) is 19.5. The zero-order chi connectivity index (χ0) is 17.1. The van der Waals surface area contributed by atoms with Gasteiger partial charge in [0.1, 0.15) is 17.8 Å². The molecule has 2 aliphatic rings. The quantitative estimate of drug-likeness (QED) is 0.928. The first-order valence-electron chi connectivity index (χ1n) is 8.88. The van der Waals surface area contributed by atoms with Crippen LogP contribution in [-0.2, 0) is 11.2 Å². The average Bonchev–Trinajstić information content (AvgIpc) is 3.19. The van der Waals surface area contributed by atoms with Gasteiger partial charge in [0.05, 0.1) is 6.10 Å². The molecule has 6 heteroatoms. The Kier molecular flexibility index (Phi) is 4.61. The Bertz CT molecular complexity index is 759. The number of anilines is 2. The Morgan fingerprint density at radius 1 is 1.28 bits per heavy atom. The maximum atomic E-state index is 13.0. The molecule has 1 aromatic heterocycles. The van der Waals surface area contributed by atoms with Crippen LogP contribution in [0.4, 0.5) is 11.5 Å². The molecule has 130 valence electrons. The molecule has 4 rings (SSSR count). The zero-order valence-electron chi connectivity index (χ0n) is 14.1. The summed E-state index contributed by atoms with van der Waals surface area (Å²) in [5, 5.41) is 3.26. The lowest BCUT2D eigenvalue weighted by Crippen LogP contribution is -2.36. The van der Waals surface area contributed by atoms with E-state index in [1.807, 2.05) is 23.1 Å². The third-order valence-corrected chi connectivity index (χ3v) is 4.78. The molecule has 0 bridgehead atoms. The number of carbonyl (C=O) groups excluding carboxylic acids is 1. The van der Waals surface area contributed by atoms with Gasteiger partial charge in [-0.05, 0) is 37.3 Å². The van der Waals surface area contributed by atoms with E-state index in [0.29, 0.717) is 18.1 Å². The van der Waals surface area contributed by atoms with E-state index in [4.69, 9.17) is 4.74 Å². The largest absolute Gasteiger partial charge is 0.376 e. The predicted octanol–water partition coefficient (Wildman–Crippen LogP) is 2.66. The van der Waals surface area contributed by atoms with Gasteiger partial charge < -0.3 is 15.0 Å². The monoisotopic (exact) mass is 338 g/mol. The molecule has 1 atom stereocenters. The van der Waals surface area contributed by atoms with E-state index in [1.54, 1.807) is 6.07 Å². The fraction of sp³-hybridized carbons (Fsp3) is 0.421. The number of carbonyl (C=O) groups is 1. The summed E-state index contributed by atoms with van der Waals surface area (Å²) in [5.74, 6) is 0.592. The van der Waals surface area contributed by atoms with E-state index in [-0.39, 0.29) is 12.0 Å². The number of hydrogen-bond donors (Lipinski definition) is 1. The molecule has 1 fully saturated rings. The number of amides is 1. The van der Waals surface area contributed by atoms with Crippen LogP contribution < -0.4 is 10.2 Å². The topological polar surface area (TPSA) is 67.3 Å². The van der Waals surface area contributed by atoms with Crippen LogP contribution in [0.25, 0.3) is 0 Å². The van der Waals surface area contributed by atoms with E-state index in [9.17, 15) is 4.79 Å². The number of para-hydroxylation sites is 1. The Labute approximate surface area is 147 Å². The van der Waals surface area contributed by atoms with Gasteiger partial charge in [-0.2, -0.15) is 0 Å². The van der Waals surface area contributed by atoms with E-state index in [2.05, 4.69) is 21.4 Å². The van der Waals surface area contributed by atoms with Crippen molar-refractivity contribution in [2.24, 2.45) is 0 Å². The Hall–Kier alpha value is -2.47. The summed E-state index contributed by atoms with van der Waals surface area (Å²) in [4.78, 5) is 23.2. The van der Waals surface area contributed by atoms with Crippen LogP contribution in [-0.4, -0.2) is 41.7 Å². The van der Waals surface area contributed by atoms with Crippen molar-refractivity contribution in [2.45, 2.75) is 31.8 Å². The molecule has 1 N–H and O–H groups in total. The number of rotatable bonds is 4. The van der Waals surface area contributed by atoms with E-state index in [0.717, 1.165) is 44.5 Å². The van der Waals surface area contributed by atoms with Crippen molar-refractivity contribution in [3.8, 4) is 0 Å². The highest BCUT2D eigenvalue weighted by Gasteiger charge is 2.24. The molecule has 1 amide bonds. The maximum Gasteiger partial charge on any atom is 0.277 e. The molecule has 0 saturated carbocycles. The first kappa shape index (κ1) is 16.0. The third kappa shape index (κ3) is 3.49. The number of nitrogens with one attached hydrogen (secondary N) is 1. The van der Waals surface area contributed by atoms with E-state index in [1.165, 1.54) is 11.9 Å². The van der Waals surface area contributed by atoms with Crippen molar-refractivity contribution in [1.29, 1.82) is 0 Å². The number of benzene rings is 1. The number of hydrogen-bond acceptors (Lipinski definition) is 5. The highest BCUT2D eigenvalue weighted by atomic mass is 16.5. The van der Waals surface area contributed by atoms with E-state index >= 15 is 0 Å². The van der Waals surface area contributed by atoms with Crippen molar-refractivity contribution < 1.29 is 9.53 Å². The molecule has 2 aromatic rings. The van der Waals surface area contributed by atoms with Crippen LogP contribution in [0.2, 0.25) is 0 Å². The summed E-state index contributed by atoms with van der Waals surface area (Å²) < 4.78 is 5.61. The smallest absolute Gasteiger partial charge is 0.277 e. The van der Waals surface area contributed by atoms with Crippen LogP contribution in [0.5, 0.6) is 0 Å². The van der Waals surface area contributed by atoms with Gasteiger partial charge in [0.15, 0.2) is 0 Å². The summed E-state index contributed by atoms with van der Waals surface area (Å²) in [7, 11) is 0. The first-order valence-corrected chi connectivity index (χ1v) is 8.88. The van der Waals surface area contributed by atoms with Gasteiger partial charge in [-0.3, -0.25) is 4.79 Å². The van der Waals surface area contributed by atoms with Crippen molar-refractivity contribution in [1.82, 2.24) is 9.97 Å². The summed E-state index contributed by atoms with van der Waals surface area (Å²) in [5.41, 5.74) is 2.63. The molecule has 25 heavy (non-hydrogen) atoms. The maximum absolute atomic E-state index is 13.0. The van der Waals surface area contributed by atoms with Gasteiger partial charge in [-0.25, -0.2) is 9.97 Å². The fourth-order valence-electron chi connectivity index (χ4n) is 3.48. The zero-order valence-corrected chi connectivity index (χ0v) is 14.1. The van der Waals surface area contributed by atoms with Crippen molar-refractivity contribution in [2.75, 3.05) is 29.9 Å². The molecule has 1 unspecified atom stereocenters. The minimum atomic E-state index is -0.0743. The van der Waals surface area contributed by atoms with Crippen LogP contribution in [0.15, 0.2) is 36.7 Å². The summed E-state index contributed by atoms with van der Waals surface area (Å²) in [6.45, 7) is 2.25. The highest BCUT2D eigenvalue weighted by Crippen LogP contribution is 2.28. The van der Waals surface area contributed by atoms with Crippen LogP contribution in [0.3, 0.4) is 0 Å². The third-order valence-electron chi connectivity index (χ3n) is 4.78. The molecule has 0 radical (unpaired) electrons. The Balaban J connectivity index is 1.50. The summed E-state index contributed by atoms with van der Waals surface area (Å²) >= 11 is 0. The Morgan fingerprint density at radius 3 is 3.08 bits per heavy atom. The minimum absolute atomic E-state index is 0.0743. The number of ether oxygens (including phenoxy) is 1. The lowest BCUT2D eigenvalue weighted by atomic mass is 10.0. The molecular formula is C19H22N4O2. The first-order chi connectivity index (χ1) is 12.3. The lowest BCUT2D eigenvalue weighted by Gasteiger charge is -2.29. The summed E-state index contributed by atoms with van der Waals surface area (Å²) in [6.07, 6.45) is 5.82. The number of fused-ring (bicyclic) bond motifs is 1. The molecule has 0 aliphatic carbocycles. The van der Waals surface area contributed by atoms with Crippen LogP contribution in [0.1, 0.15) is 35.3 Å². The van der Waals surface area contributed by atoms with Crippen molar-refractivity contribution in [3.05, 3.63) is 47.9 Å². The number of nitrogens with zero attached hydrogens (tertiary/aromatic N) is 3. The number of aromatic nitrogens is 2. The predicted molar refractivity (Wildman–Crippen MR) is 95.9 cm³/mol. The van der Waals surface area contributed by atoms with Crippen molar-refractivity contribution in [3.63, 3.8) is 0 Å². The van der Waals surface area contributed by atoms with E-state index < -0.39 is 0 Å². The van der Waals surface area contributed by atoms with Gasteiger partial charge in [0.2, 0.25) is 0 Å². The Morgan fingerprint density at radius 2 is 2.20 bits per heavy atom. The second-order valence-electron chi connectivity index (χ2n) is 6.49. The molecule has 3 heterocycles. The van der Waals surface area contributed by atoms with Crippen LogP contribution >= 0.6 is 0 Å². The fourth-order valence-corrected chi connectivity index (χ4v) is 3.48. The molecule has 2 aliphatic heterocycles.